The van der Waals surface area contributed by atoms with Crippen LogP contribution in [-0.2, 0) is 0 Å². The van der Waals surface area contributed by atoms with Crippen LogP contribution < -0.4 is 0 Å². The molecule has 0 nitrogen and oxygen atoms in total. The van der Waals surface area contributed by atoms with Crippen LogP contribution in [0.3, 0.4) is 0 Å². The largest absolute Gasteiger partial charge is 0.226 e. The molecule has 0 bridgehead atoms. The number of rotatable bonds is 3. The van der Waals surface area contributed by atoms with Crippen molar-refractivity contribution in [1.82, 2.24) is 0 Å². The summed E-state index contributed by atoms with van der Waals surface area (Å²) in [6, 6.07) is 0. The van der Waals surface area contributed by atoms with Crippen molar-refractivity contribution in [2.45, 2.75) is 37.7 Å². The first kappa shape index (κ1) is 7.33. The van der Waals surface area contributed by atoms with Crippen LogP contribution in [-0.4, -0.2) is 5.13 Å². The smallest absolute Gasteiger partial charge is 0.187 e. The van der Waals surface area contributed by atoms with Gasteiger partial charge in [0.05, 0.1) is 0 Å². The molecule has 9 heavy (non-hydrogen) atoms. The molecule has 0 saturated heterocycles. The van der Waals surface area contributed by atoms with Gasteiger partial charge in [-0.1, -0.05) is 31.4 Å². The third-order valence-electron chi connectivity index (χ3n) is 1.86. The SMILES string of the molecule is CCCC[C@@H]1CC1(F)Cl. The summed E-state index contributed by atoms with van der Waals surface area (Å²) in [6.07, 6.45) is 3.80. The molecule has 54 valence electrons. The monoisotopic (exact) mass is 150 g/mol. The second-order valence-electron chi connectivity index (χ2n) is 2.80. The highest BCUT2D eigenvalue weighted by Gasteiger charge is 2.53. The van der Waals surface area contributed by atoms with Crippen molar-refractivity contribution in [2.24, 2.45) is 5.92 Å². The number of hydrogen-bond acceptors (Lipinski definition) is 0. The first-order chi connectivity index (χ1) is 4.17. The summed E-state index contributed by atoms with van der Waals surface area (Å²) >= 11 is 5.38. The fourth-order valence-electron chi connectivity index (χ4n) is 1.03. The maximum atomic E-state index is 12.6. The lowest BCUT2D eigenvalue weighted by Crippen LogP contribution is -1.90. The second kappa shape index (κ2) is 2.45. The minimum Gasteiger partial charge on any atom is -0.226 e. The summed E-state index contributed by atoms with van der Waals surface area (Å²) in [4.78, 5) is 0. The molecule has 0 aromatic heterocycles. The molecule has 1 saturated carbocycles. The number of unbranched alkanes of at least 4 members (excludes halogenated alkanes) is 1. The van der Waals surface area contributed by atoms with Gasteiger partial charge in [0.1, 0.15) is 0 Å². The Balaban J connectivity index is 2.06. The van der Waals surface area contributed by atoms with Gasteiger partial charge in [-0.2, -0.15) is 0 Å². The van der Waals surface area contributed by atoms with Crippen LogP contribution in [0.1, 0.15) is 32.6 Å². The van der Waals surface area contributed by atoms with Crippen molar-refractivity contribution in [3.63, 3.8) is 0 Å². The van der Waals surface area contributed by atoms with E-state index in [2.05, 4.69) is 6.92 Å². The van der Waals surface area contributed by atoms with E-state index in [1.165, 1.54) is 0 Å². The highest BCUT2D eigenvalue weighted by atomic mass is 35.5. The number of alkyl halides is 2. The summed E-state index contributed by atoms with van der Waals surface area (Å²) in [5, 5.41) is -1.31. The van der Waals surface area contributed by atoms with Crippen LogP contribution in [0.25, 0.3) is 0 Å². The van der Waals surface area contributed by atoms with Gasteiger partial charge in [0.2, 0.25) is 0 Å². The van der Waals surface area contributed by atoms with E-state index in [1.807, 2.05) is 0 Å². The molecule has 0 aromatic rings. The van der Waals surface area contributed by atoms with Gasteiger partial charge in [-0.05, 0) is 6.42 Å². The van der Waals surface area contributed by atoms with Gasteiger partial charge in [0.15, 0.2) is 5.13 Å². The molecule has 0 amide bonds. The van der Waals surface area contributed by atoms with Crippen molar-refractivity contribution < 1.29 is 4.39 Å². The zero-order chi connectivity index (χ0) is 6.91. The van der Waals surface area contributed by atoms with Gasteiger partial charge >= 0.3 is 0 Å². The average molecular weight is 151 g/mol. The van der Waals surface area contributed by atoms with Crippen LogP contribution in [0, 0.1) is 5.92 Å². The normalized spacial score (nSPS) is 41.0. The third kappa shape index (κ3) is 1.82. The third-order valence-corrected chi connectivity index (χ3v) is 2.32. The molecule has 2 heteroatoms. The minimum atomic E-state index is -1.31. The van der Waals surface area contributed by atoms with Gasteiger partial charge in [-0.15, -0.1) is 0 Å². The molecule has 1 fully saturated rings. The first-order valence-electron chi connectivity index (χ1n) is 3.54. The maximum absolute atomic E-state index is 12.6. The van der Waals surface area contributed by atoms with Gasteiger partial charge < -0.3 is 0 Å². The Kier molecular flexibility index (Phi) is 2.00. The highest BCUT2D eigenvalue weighted by molar-refractivity contribution is 6.24. The number of hydrogen-bond donors (Lipinski definition) is 0. The Morgan fingerprint density at radius 3 is 2.67 bits per heavy atom. The summed E-state index contributed by atoms with van der Waals surface area (Å²) in [5.74, 6) is 0.166. The highest BCUT2D eigenvalue weighted by Crippen LogP contribution is 2.53. The van der Waals surface area contributed by atoms with Crippen LogP contribution in [0.2, 0.25) is 0 Å². The average Bonchev–Trinajstić information content (AvgIpc) is 2.35. The first-order valence-corrected chi connectivity index (χ1v) is 3.92. The van der Waals surface area contributed by atoms with E-state index in [0.29, 0.717) is 6.42 Å². The molecule has 0 spiro atoms. The standard InChI is InChI=1S/C7H12ClF/c1-2-3-4-6-5-7(6,8)9/h6H,2-5H2,1H3/t6-,7?/m1/s1. The van der Waals surface area contributed by atoms with Crippen LogP contribution in [0.5, 0.6) is 0 Å². The predicted octanol–water partition coefficient (Wildman–Crippen LogP) is 3.10. The molecule has 1 rings (SSSR count). The van der Waals surface area contributed by atoms with Crippen LogP contribution in [0.4, 0.5) is 4.39 Å². The van der Waals surface area contributed by atoms with E-state index in [-0.39, 0.29) is 5.92 Å². The van der Waals surface area contributed by atoms with Gasteiger partial charge in [0.25, 0.3) is 0 Å². The number of halogens is 2. The van der Waals surface area contributed by atoms with E-state index in [9.17, 15) is 4.39 Å². The quantitative estimate of drug-likeness (QED) is 0.543. The molecule has 1 unspecified atom stereocenters. The Bertz CT molecular complexity index is 101. The Morgan fingerprint density at radius 1 is 1.78 bits per heavy atom. The molecule has 0 N–H and O–H groups in total. The fourth-order valence-corrected chi connectivity index (χ4v) is 1.33. The summed E-state index contributed by atoms with van der Waals surface area (Å²) in [7, 11) is 0. The molecular formula is C7H12ClF. The summed E-state index contributed by atoms with van der Waals surface area (Å²) < 4.78 is 12.6. The van der Waals surface area contributed by atoms with Crippen LogP contribution >= 0.6 is 11.6 Å². The summed E-state index contributed by atoms with van der Waals surface area (Å²) in [6.45, 7) is 2.11. The maximum Gasteiger partial charge on any atom is 0.187 e. The van der Waals surface area contributed by atoms with Crippen molar-refractivity contribution in [3.05, 3.63) is 0 Å². The van der Waals surface area contributed by atoms with Crippen LogP contribution in [0.15, 0.2) is 0 Å². The van der Waals surface area contributed by atoms with Gasteiger partial charge in [-0.3, -0.25) is 0 Å². The Hall–Kier alpha value is 0.220. The van der Waals surface area contributed by atoms with E-state index in [4.69, 9.17) is 11.6 Å². The molecule has 0 heterocycles. The fraction of sp³-hybridized carbons (Fsp3) is 1.00. The molecule has 0 aromatic carbocycles. The lowest BCUT2D eigenvalue weighted by molar-refractivity contribution is 0.384. The summed E-state index contributed by atoms with van der Waals surface area (Å²) in [5.41, 5.74) is 0. The predicted molar refractivity (Wildman–Crippen MR) is 37.3 cm³/mol. The van der Waals surface area contributed by atoms with E-state index in [1.54, 1.807) is 0 Å². The minimum absolute atomic E-state index is 0.166. The zero-order valence-corrected chi connectivity index (χ0v) is 6.42. The topological polar surface area (TPSA) is 0 Å². The van der Waals surface area contributed by atoms with Gasteiger partial charge in [-0.25, -0.2) is 4.39 Å². The van der Waals surface area contributed by atoms with E-state index < -0.39 is 5.13 Å². The zero-order valence-electron chi connectivity index (χ0n) is 5.66. The molecule has 2 atom stereocenters. The van der Waals surface area contributed by atoms with E-state index in [0.717, 1.165) is 19.3 Å². The van der Waals surface area contributed by atoms with Crippen molar-refractivity contribution in [1.29, 1.82) is 0 Å². The Labute approximate surface area is 60.4 Å². The molecule has 0 aliphatic heterocycles. The Morgan fingerprint density at radius 2 is 2.33 bits per heavy atom. The van der Waals surface area contributed by atoms with Crippen molar-refractivity contribution in [2.75, 3.05) is 0 Å². The molecule has 1 aliphatic carbocycles. The molecular weight excluding hydrogens is 139 g/mol. The second-order valence-corrected chi connectivity index (χ2v) is 3.43. The van der Waals surface area contributed by atoms with Crippen molar-refractivity contribution in [3.8, 4) is 0 Å². The molecule has 0 radical (unpaired) electrons. The van der Waals surface area contributed by atoms with Gasteiger partial charge in [0, 0.05) is 12.3 Å². The lowest BCUT2D eigenvalue weighted by Gasteiger charge is -1.94. The van der Waals surface area contributed by atoms with E-state index >= 15 is 0 Å². The van der Waals surface area contributed by atoms with Crippen molar-refractivity contribution >= 4 is 11.6 Å². The lowest BCUT2D eigenvalue weighted by atomic mass is 10.2. The molecule has 1 aliphatic rings.